The molecule has 1 aromatic heterocycles. The number of carbonyl (C=O) groups excluding carboxylic acids is 2. The first-order chi connectivity index (χ1) is 11.4. The summed E-state index contributed by atoms with van der Waals surface area (Å²) < 4.78 is 3.96. The van der Waals surface area contributed by atoms with Gasteiger partial charge in [0.1, 0.15) is 6.54 Å². The molecule has 0 bridgehead atoms. The summed E-state index contributed by atoms with van der Waals surface area (Å²) in [7, 11) is 0. The third-order valence-corrected chi connectivity index (χ3v) is 6.56. The number of aliphatic hydroxyl groups is 1. The average molecular weight is 350 g/mol. The van der Waals surface area contributed by atoms with Crippen molar-refractivity contribution >= 4 is 23.6 Å². The molecule has 0 radical (unpaired) electrons. The van der Waals surface area contributed by atoms with Gasteiger partial charge in [-0.25, -0.2) is 0 Å². The fraction of sp³-hybridized carbons (Fsp3) is 0.600. The Morgan fingerprint density at radius 3 is 2.96 bits per heavy atom. The van der Waals surface area contributed by atoms with Gasteiger partial charge in [0.25, 0.3) is 0 Å². The van der Waals surface area contributed by atoms with Crippen molar-refractivity contribution < 1.29 is 24.5 Å². The van der Waals surface area contributed by atoms with Gasteiger partial charge in [-0.15, -0.1) is 11.8 Å². The lowest BCUT2D eigenvalue weighted by Crippen LogP contribution is -2.64. The van der Waals surface area contributed by atoms with Gasteiger partial charge in [0.2, 0.25) is 12.2 Å². The van der Waals surface area contributed by atoms with E-state index in [0.29, 0.717) is 4.91 Å². The fourth-order valence-corrected chi connectivity index (χ4v) is 5.48. The minimum absolute atomic E-state index is 0.0147. The van der Waals surface area contributed by atoms with Crippen LogP contribution in [0.5, 0.6) is 0 Å². The largest absolute Gasteiger partial charge is 0.543 e. The molecule has 9 heteroatoms. The number of carboxylic acids is 1. The molecule has 1 saturated heterocycles. The second-order valence-corrected chi connectivity index (χ2v) is 7.96. The van der Waals surface area contributed by atoms with Crippen molar-refractivity contribution in [2.75, 3.05) is 0 Å². The van der Waals surface area contributed by atoms with E-state index >= 15 is 0 Å². The standard InChI is InChI=1S/C15H18N4O4S/c1-7-11-10(8(2)20)14(21)19(11)12(15(22)23)13(7)24-9-3-17-5-16-6-18(17)4-9/h5-11,20H,3-4H2,1-2H3/t7?,8?,10?,11-/m1/s1. The molecule has 0 spiro atoms. The smallest absolute Gasteiger partial charge is 0.306 e. The number of hydrogen-bond donors (Lipinski definition) is 1. The van der Waals surface area contributed by atoms with Crippen molar-refractivity contribution in [2.24, 2.45) is 11.8 Å². The van der Waals surface area contributed by atoms with Crippen molar-refractivity contribution in [1.82, 2.24) is 14.6 Å². The SMILES string of the molecule is CC(O)C1C(=O)N2C(C(=O)[O-])=C(SC3Cn4cnc[n+]4C3)C(C)[C@H]12. The lowest BCUT2D eigenvalue weighted by molar-refractivity contribution is -0.758. The number of aromatic nitrogens is 3. The molecular weight excluding hydrogens is 332 g/mol. The Morgan fingerprint density at radius 2 is 2.33 bits per heavy atom. The van der Waals surface area contributed by atoms with Crippen LogP contribution in [0.4, 0.5) is 0 Å². The highest BCUT2D eigenvalue weighted by atomic mass is 32.2. The van der Waals surface area contributed by atoms with Crippen LogP contribution in [0.25, 0.3) is 0 Å². The first-order valence-electron chi connectivity index (χ1n) is 7.93. The minimum Gasteiger partial charge on any atom is -0.543 e. The number of β-lactam (4-membered cyclic amide) rings is 1. The lowest BCUT2D eigenvalue weighted by atomic mass is 9.79. The van der Waals surface area contributed by atoms with Gasteiger partial charge in [-0.05, 0) is 11.9 Å². The van der Waals surface area contributed by atoms with E-state index in [1.165, 1.54) is 16.7 Å². The van der Waals surface area contributed by atoms with Crippen LogP contribution in [0.15, 0.2) is 23.3 Å². The van der Waals surface area contributed by atoms with Gasteiger partial charge >= 0.3 is 6.33 Å². The molecule has 1 amide bonds. The molecule has 0 aliphatic carbocycles. The molecule has 24 heavy (non-hydrogen) atoms. The average Bonchev–Trinajstić information content (AvgIpc) is 3.12. The Kier molecular flexibility index (Phi) is 3.47. The number of carboxylic acid groups (broad SMARTS) is 1. The zero-order chi connectivity index (χ0) is 17.2. The van der Waals surface area contributed by atoms with Gasteiger partial charge in [0.15, 0.2) is 0 Å². The summed E-state index contributed by atoms with van der Waals surface area (Å²) in [5.74, 6) is -2.31. The molecule has 4 atom stereocenters. The van der Waals surface area contributed by atoms with Gasteiger partial charge < -0.3 is 19.9 Å². The maximum atomic E-state index is 12.3. The molecule has 3 unspecified atom stereocenters. The summed E-state index contributed by atoms with van der Waals surface area (Å²) in [6, 6.07) is -0.289. The molecule has 0 saturated carbocycles. The second kappa shape index (κ2) is 5.32. The molecule has 4 heterocycles. The van der Waals surface area contributed by atoms with E-state index < -0.39 is 18.0 Å². The lowest BCUT2D eigenvalue weighted by Gasteiger charge is -2.47. The van der Waals surface area contributed by atoms with Crippen molar-refractivity contribution in [1.29, 1.82) is 0 Å². The number of rotatable bonds is 4. The monoisotopic (exact) mass is 350 g/mol. The Bertz CT molecular complexity index is 738. The Hall–Kier alpha value is -1.87. The van der Waals surface area contributed by atoms with Gasteiger partial charge in [0.05, 0.1) is 41.5 Å². The van der Waals surface area contributed by atoms with Crippen LogP contribution in [0.3, 0.4) is 0 Å². The van der Waals surface area contributed by atoms with E-state index in [1.54, 1.807) is 19.6 Å². The first kappa shape index (κ1) is 15.6. The molecule has 4 rings (SSSR count). The quantitative estimate of drug-likeness (QED) is 0.503. The van der Waals surface area contributed by atoms with Crippen LogP contribution < -0.4 is 9.79 Å². The van der Waals surface area contributed by atoms with Crippen molar-refractivity contribution in [3.8, 4) is 0 Å². The van der Waals surface area contributed by atoms with Gasteiger partial charge in [0, 0.05) is 10.8 Å². The minimum atomic E-state index is -1.32. The predicted octanol–water partition coefficient (Wildman–Crippen LogP) is -1.89. The van der Waals surface area contributed by atoms with Crippen molar-refractivity contribution in [3.63, 3.8) is 0 Å². The topological polar surface area (TPSA) is 102 Å². The van der Waals surface area contributed by atoms with Gasteiger partial charge in [-0.3, -0.25) is 4.79 Å². The van der Waals surface area contributed by atoms with E-state index in [2.05, 4.69) is 4.98 Å². The molecule has 3 aliphatic heterocycles. The number of thioether (sulfide) groups is 1. The number of carbonyl (C=O) groups is 2. The summed E-state index contributed by atoms with van der Waals surface area (Å²) in [6.07, 6.45) is 2.70. The van der Waals surface area contributed by atoms with Crippen LogP contribution in [0.1, 0.15) is 13.8 Å². The van der Waals surface area contributed by atoms with E-state index in [4.69, 9.17) is 0 Å². The molecule has 1 fully saturated rings. The summed E-state index contributed by atoms with van der Waals surface area (Å²) in [6.45, 7) is 4.96. The van der Waals surface area contributed by atoms with E-state index in [0.717, 1.165) is 13.1 Å². The molecule has 128 valence electrons. The third kappa shape index (κ3) is 2.04. The second-order valence-electron chi connectivity index (χ2n) is 6.62. The number of nitrogens with zero attached hydrogens (tertiary/aromatic N) is 4. The Labute approximate surface area is 142 Å². The van der Waals surface area contributed by atoms with E-state index in [-0.39, 0.29) is 28.8 Å². The van der Waals surface area contributed by atoms with Crippen molar-refractivity contribution in [2.45, 2.75) is 44.3 Å². The maximum Gasteiger partial charge on any atom is 0.306 e. The molecule has 0 aromatic carbocycles. The van der Waals surface area contributed by atoms with Crippen LogP contribution in [-0.4, -0.2) is 48.9 Å². The van der Waals surface area contributed by atoms with E-state index in [1.807, 2.05) is 16.3 Å². The maximum absolute atomic E-state index is 12.3. The van der Waals surface area contributed by atoms with Crippen LogP contribution in [0, 0.1) is 11.8 Å². The summed E-state index contributed by atoms with van der Waals surface area (Å²) in [5, 5.41) is 21.7. The van der Waals surface area contributed by atoms with Crippen LogP contribution in [0.2, 0.25) is 0 Å². The number of amides is 1. The van der Waals surface area contributed by atoms with E-state index in [9.17, 15) is 19.8 Å². The number of aliphatic hydroxyl groups excluding tert-OH is 1. The Balaban J connectivity index is 1.61. The van der Waals surface area contributed by atoms with Gasteiger partial charge in [-0.1, -0.05) is 6.92 Å². The highest BCUT2D eigenvalue weighted by Crippen LogP contribution is 2.51. The number of hydrogen-bond acceptors (Lipinski definition) is 6. The third-order valence-electron chi connectivity index (χ3n) is 5.11. The highest BCUT2D eigenvalue weighted by Gasteiger charge is 2.59. The zero-order valence-electron chi connectivity index (χ0n) is 13.3. The summed E-state index contributed by atoms with van der Waals surface area (Å²) >= 11 is 1.50. The van der Waals surface area contributed by atoms with Crippen molar-refractivity contribution in [3.05, 3.63) is 23.3 Å². The number of fused-ring (bicyclic) bond motifs is 2. The summed E-state index contributed by atoms with van der Waals surface area (Å²) in [4.78, 5) is 30.0. The number of aliphatic carboxylic acids is 1. The highest BCUT2D eigenvalue weighted by molar-refractivity contribution is 8.03. The normalized spacial score (nSPS) is 32.6. The molecular formula is C15H18N4O4S. The summed E-state index contributed by atoms with van der Waals surface area (Å²) in [5.41, 5.74) is -0.0147. The predicted molar refractivity (Wildman–Crippen MR) is 80.8 cm³/mol. The van der Waals surface area contributed by atoms with Gasteiger partial charge in [-0.2, -0.15) is 9.36 Å². The fourth-order valence-electron chi connectivity index (χ4n) is 4.02. The zero-order valence-corrected chi connectivity index (χ0v) is 14.1. The molecule has 3 aliphatic rings. The van der Waals surface area contributed by atoms with Crippen LogP contribution in [-0.2, 0) is 22.7 Å². The van der Waals surface area contributed by atoms with Crippen LogP contribution >= 0.6 is 11.8 Å². The molecule has 1 aromatic rings. The Morgan fingerprint density at radius 1 is 1.58 bits per heavy atom. The molecule has 8 nitrogen and oxygen atoms in total. The molecule has 1 N–H and O–H groups in total. The first-order valence-corrected chi connectivity index (χ1v) is 8.81.